The van der Waals surface area contributed by atoms with E-state index < -0.39 is 0 Å². The molecule has 1 saturated heterocycles. The number of nitrogens with zero attached hydrogens (tertiary/aromatic N) is 3. The van der Waals surface area contributed by atoms with E-state index in [1.807, 2.05) is 6.07 Å². The fourth-order valence-electron chi connectivity index (χ4n) is 2.50. The average Bonchev–Trinajstić information content (AvgIpc) is 2.92. The van der Waals surface area contributed by atoms with E-state index in [1.54, 1.807) is 12.3 Å². The van der Waals surface area contributed by atoms with Crippen LogP contribution in [0.4, 0.5) is 0 Å². The normalized spacial score (nSPS) is 20.3. The standard InChI is InChI=1S/C14H22ClN5/c1-2-20-7-3-4-12(20)10-19-14(16)18-9-11-5-6-13(15)17-8-11/h5-6,8,12H,2-4,7,9-10H2,1H3,(H3,16,18,19). The van der Waals surface area contributed by atoms with Gasteiger partial charge in [-0.3, -0.25) is 4.90 Å². The van der Waals surface area contributed by atoms with Crippen molar-refractivity contribution in [1.29, 1.82) is 0 Å². The molecule has 1 atom stereocenters. The molecule has 6 heteroatoms. The first-order valence-corrected chi connectivity index (χ1v) is 7.45. The maximum atomic E-state index is 5.89. The third kappa shape index (κ3) is 4.35. The summed E-state index contributed by atoms with van der Waals surface area (Å²) in [5, 5.41) is 3.70. The Labute approximate surface area is 125 Å². The van der Waals surface area contributed by atoms with Gasteiger partial charge in [-0.05, 0) is 37.6 Å². The van der Waals surface area contributed by atoms with Gasteiger partial charge in [0.25, 0.3) is 0 Å². The molecule has 2 heterocycles. The van der Waals surface area contributed by atoms with Crippen LogP contribution in [0.3, 0.4) is 0 Å². The number of nitrogens with two attached hydrogens (primary N) is 1. The lowest BCUT2D eigenvalue weighted by Crippen LogP contribution is -2.42. The Bertz CT molecular complexity index is 445. The van der Waals surface area contributed by atoms with Gasteiger partial charge in [-0.25, -0.2) is 9.98 Å². The minimum absolute atomic E-state index is 0.489. The van der Waals surface area contributed by atoms with E-state index in [2.05, 4.69) is 27.1 Å². The molecule has 5 nitrogen and oxygen atoms in total. The molecule has 0 aromatic carbocycles. The summed E-state index contributed by atoms with van der Waals surface area (Å²) in [6.45, 7) is 5.87. The van der Waals surface area contributed by atoms with E-state index in [9.17, 15) is 0 Å². The van der Waals surface area contributed by atoms with E-state index in [-0.39, 0.29) is 0 Å². The number of aromatic nitrogens is 1. The largest absolute Gasteiger partial charge is 0.370 e. The summed E-state index contributed by atoms with van der Waals surface area (Å²) in [5.74, 6) is 0.489. The molecule has 1 fully saturated rings. The molecule has 0 aliphatic carbocycles. The second-order valence-corrected chi connectivity index (χ2v) is 5.38. The minimum Gasteiger partial charge on any atom is -0.370 e. The predicted octanol–water partition coefficient (Wildman–Crippen LogP) is 1.62. The van der Waals surface area contributed by atoms with Crippen LogP contribution in [0.5, 0.6) is 0 Å². The Morgan fingerprint density at radius 2 is 2.45 bits per heavy atom. The van der Waals surface area contributed by atoms with E-state index in [1.165, 1.54) is 19.4 Å². The number of likely N-dealkylation sites (N-methyl/N-ethyl adjacent to an activating group) is 1. The van der Waals surface area contributed by atoms with Crippen molar-refractivity contribution < 1.29 is 0 Å². The summed E-state index contributed by atoms with van der Waals surface area (Å²) in [4.78, 5) is 10.8. The van der Waals surface area contributed by atoms with E-state index in [0.717, 1.165) is 18.7 Å². The van der Waals surface area contributed by atoms with Crippen molar-refractivity contribution in [3.8, 4) is 0 Å². The molecule has 2 rings (SSSR count). The number of hydrogen-bond donors (Lipinski definition) is 2. The number of halogens is 1. The van der Waals surface area contributed by atoms with Gasteiger partial charge < -0.3 is 11.1 Å². The fraction of sp³-hybridized carbons (Fsp3) is 0.571. The Balaban J connectivity index is 1.77. The van der Waals surface area contributed by atoms with Crippen molar-refractivity contribution in [1.82, 2.24) is 15.2 Å². The first-order valence-electron chi connectivity index (χ1n) is 7.07. The summed E-state index contributed by atoms with van der Waals surface area (Å²) in [7, 11) is 0. The smallest absolute Gasteiger partial charge is 0.188 e. The number of rotatable bonds is 5. The molecule has 0 spiro atoms. The molecule has 110 valence electrons. The zero-order valence-corrected chi connectivity index (χ0v) is 12.6. The Morgan fingerprint density at radius 3 is 3.15 bits per heavy atom. The molecule has 1 aliphatic heterocycles. The number of likely N-dealkylation sites (tertiary alicyclic amines) is 1. The fourth-order valence-corrected chi connectivity index (χ4v) is 2.61. The van der Waals surface area contributed by atoms with Crippen LogP contribution in [-0.2, 0) is 6.54 Å². The summed E-state index contributed by atoms with van der Waals surface area (Å²) in [6.07, 6.45) is 4.22. The Kier molecular flexibility index (Phi) is 5.61. The quantitative estimate of drug-likeness (QED) is 0.492. The van der Waals surface area contributed by atoms with Gasteiger partial charge in [0.2, 0.25) is 0 Å². The maximum Gasteiger partial charge on any atom is 0.188 e. The number of aliphatic imine (C=N–C) groups is 1. The number of hydrogen-bond acceptors (Lipinski definition) is 3. The van der Waals surface area contributed by atoms with Gasteiger partial charge in [-0.1, -0.05) is 24.6 Å². The van der Waals surface area contributed by atoms with Crippen LogP contribution in [0.1, 0.15) is 25.3 Å². The van der Waals surface area contributed by atoms with Gasteiger partial charge in [0.15, 0.2) is 5.96 Å². The molecule has 0 amide bonds. The molecule has 3 N–H and O–H groups in total. The van der Waals surface area contributed by atoms with Gasteiger partial charge in [-0.2, -0.15) is 0 Å². The van der Waals surface area contributed by atoms with Gasteiger partial charge in [-0.15, -0.1) is 0 Å². The van der Waals surface area contributed by atoms with Crippen molar-refractivity contribution in [2.45, 2.75) is 32.4 Å². The van der Waals surface area contributed by atoms with Crippen LogP contribution >= 0.6 is 11.6 Å². The average molecular weight is 296 g/mol. The Hall–Kier alpha value is -1.33. The maximum absolute atomic E-state index is 5.89. The lowest BCUT2D eigenvalue weighted by Gasteiger charge is -2.23. The number of pyridine rings is 1. The molecular formula is C14H22ClN5. The van der Waals surface area contributed by atoms with Gasteiger partial charge >= 0.3 is 0 Å². The molecule has 1 aromatic heterocycles. The third-order valence-corrected chi connectivity index (χ3v) is 3.87. The second kappa shape index (κ2) is 7.45. The summed E-state index contributed by atoms with van der Waals surface area (Å²) >= 11 is 5.74. The van der Waals surface area contributed by atoms with Crippen LogP contribution < -0.4 is 11.1 Å². The van der Waals surface area contributed by atoms with E-state index in [4.69, 9.17) is 17.3 Å². The summed E-state index contributed by atoms with van der Waals surface area (Å²) in [5.41, 5.74) is 6.89. The molecular weight excluding hydrogens is 274 g/mol. The predicted molar refractivity (Wildman–Crippen MR) is 82.8 cm³/mol. The van der Waals surface area contributed by atoms with Crippen molar-refractivity contribution in [2.24, 2.45) is 10.7 Å². The topological polar surface area (TPSA) is 66.5 Å². The highest BCUT2D eigenvalue weighted by atomic mass is 35.5. The van der Waals surface area contributed by atoms with Crippen molar-refractivity contribution in [3.05, 3.63) is 29.0 Å². The van der Waals surface area contributed by atoms with Crippen LogP contribution in [0.15, 0.2) is 23.3 Å². The van der Waals surface area contributed by atoms with Crippen molar-refractivity contribution in [3.63, 3.8) is 0 Å². The molecule has 1 aromatic rings. The monoisotopic (exact) mass is 295 g/mol. The molecule has 0 saturated carbocycles. The van der Waals surface area contributed by atoms with Gasteiger partial charge in [0, 0.05) is 18.8 Å². The van der Waals surface area contributed by atoms with Gasteiger partial charge in [0.05, 0.1) is 6.54 Å². The first kappa shape index (κ1) is 15.1. The minimum atomic E-state index is 0.489. The van der Waals surface area contributed by atoms with Gasteiger partial charge in [0.1, 0.15) is 5.15 Å². The zero-order valence-electron chi connectivity index (χ0n) is 11.8. The van der Waals surface area contributed by atoms with Crippen molar-refractivity contribution >= 4 is 17.6 Å². The lowest BCUT2D eigenvalue weighted by molar-refractivity contribution is 0.267. The zero-order chi connectivity index (χ0) is 14.4. The third-order valence-electron chi connectivity index (χ3n) is 3.64. The second-order valence-electron chi connectivity index (χ2n) is 5.00. The highest BCUT2D eigenvalue weighted by Crippen LogP contribution is 2.15. The first-order chi connectivity index (χ1) is 9.69. The molecule has 0 bridgehead atoms. The summed E-state index contributed by atoms with van der Waals surface area (Å²) < 4.78 is 0. The number of guanidine groups is 1. The lowest BCUT2D eigenvalue weighted by atomic mass is 10.2. The molecule has 1 aliphatic rings. The van der Waals surface area contributed by atoms with Crippen LogP contribution in [0.25, 0.3) is 0 Å². The van der Waals surface area contributed by atoms with Crippen LogP contribution in [0.2, 0.25) is 5.15 Å². The summed E-state index contributed by atoms with van der Waals surface area (Å²) in [6, 6.07) is 4.24. The highest BCUT2D eigenvalue weighted by molar-refractivity contribution is 6.29. The van der Waals surface area contributed by atoms with Crippen LogP contribution in [-0.4, -0.2) is 41.5 Å². The SMILES string of the molecule is CCN1CCCC1CNC(N)=NCc1ccc(Cl)nc1. The highest BCUT2D eigenvalue weighted by Gasteiger charge is 2.22. The molecule has 20 heavy (non-hydrogen) atoms. The molecule has 0 radical (unpaired) electrons. The Morgan fingerprint density at radius 1 is 1.60 bits per heavy atom. The van der Waals surface area contributed by atoms with Crippen LogP contribution in [0, 0.1) is 0 Å². The van der Waals surface area contributed by atoms with E-state index >= 15 is 0 Å². The van der Waals surface area contributed by atoms with Crippen molar-refractivity contribution in [2.75, 3.05) is 19.6 Å². The molecule has 1 unspecified atom stereocenters. The number of nitrogens with one attached hydrogen (secondary N) is 1. The van der Waals surface area contributed by atoms with E-state index in [0.29, 0.717) is 23.7 Å².